The summed E-state index contributed by atoms with van der Waals surface area (Å²) < 4.78 is 42.8. The van der Waals surface area contributed by atoms with E-state index >= 15 is 0 Å². The average molecular weight is 520 g/mol. The lowest BCUT2D eigenvalue weighted by Gasteiger charge is -2.33. The van der Waals surface area contributed by atoms with Crippen molar-refractivity contribution in [1.29, 1.82) is 0 Å². The number of halogens is 4. The predicted molar refractivity (Wildman–Crippen MR) is 126 cm³/mol. The van der Waals surface area contributed by atoms with E-state index in [0.29, 0.717) is 12.8 Å². The van der Waals surface area contributed by atoms with Gasteiger partial charge in [0.05, 0.1) is 28.0 Å². The van der Waals surface area contributed by atoms with Gasteiger partial charge in [-0.2, -0.15) is 18.3 Å². The van der Waals surface area contributed by atoms with Crippen molar-refractivity contribution in [3.05, 3.63) is 52.7 Å². The van der Waals surface area contributed by atoms with Crippen LogP contribution in [0.4, 0.5) is 18.9 Å². The number of imidazole rings is 1. The van der Waals surface area contributed by atoms with Crippen molar-refractivity contribution in [2.75, 3.05) is 5.32 Å². The number of alkyl halides is 3. The summed E-state index contributed by atoms with van der Waals surface area (Å²) in [5.74, 6) is 1.04. The van der Waals surface area contributed by atoms with Crippen molar-refractivity contribution in [2.24, 2.45) is 12.8 Å². The number of nitrogens with zero attached hydrogens (tertiary/aromatic N) is 4. The Kier molecular flexibility index (Phi) is 6.79. The molecular weight excluding hydrogens is 499 g/mol. The molecule has 13 heteroatoms. The number of carbonyl (C=O) groups excluding carboxylic acids is 2. The SMILES string of the molecule is C#CCn1cc(-c2cnc(C(=O)Nc3ccc(C(=O)NC4CC(N)C4)c(Cl)c3)n2C)c(C(F)(F)F)n1. The summed E-state index contributed by atoms with van der Waals surface area (Å²) in [5, 5.41) is 9.07. The van der Waals surface area contributed by atoms with Crippen LogP contribution in [0.1, 0.15) is 39.5 Å². The molecule has 0 atom stereocenters. The highest BCUT2D eigenvalue weighted by Crippen LogP contribution is 2.36. The van der Waals surface area contributed by atoms with Gasteiger partial charge in [0.15, 0.2) is 11.5 Å². The quantitative estimate of drug-likeness (QED) is 0.432. The molecule has 0 spiro atoms. The van der Waals surface area contributed by atoms with Gasteiger partial charge in [0, 0.05) is 31.0 Å². The zero-order chi connectivity index (χ0) is 26.2. The highest BCUT2D eigenvalue weighted by Gasteiger charge is 2.38. The summed E-state index contributed by atoms with van der Waals surface area (Å²) in [5.41, 5.74) is 4.85. The van der Waals surface area contributed by atoms with Gasteiger partial charge in [-0.05, 0) is 31.0 Å². The minimum absolute atomic E-state index is 0.00269. The highest BCUT2D eigenvalue weighted by molar-refractivity contribution is 6.34. The van der Waals surface area contributed by atoms with Crippen LogP contribution >= 0.6 is 11.6 Å². The highest BCUT2D eigenvalue weighted by atomic mass is 35.5. The molecular formula is C23H21ClF3N7O2. The van der Waals surface area contributed by atoms with Crippen molar-refractivity contribution in [2.45, 2.75) is 37.6 Å². The molecule has 3 aromatic rings. The van der Waals surface area contributed by atoms with E-state index in [2.05, 4.69) is 26.6 Å². The molecule has 0 aliphatic heterocycles. The van der Waals surface area contributed by atoms with Crippen LogP contribution in [0.2, 0.25) is 5.02 Å². The third-order valence-electron chi connectivity index (χ3n) is 5.73. The molecule has 0 radical (unpaired) electrons. The maximum absolute atomic E-state index is 13.5. The number of benzene rings is 1. The van der Waals surface area contributed by atoms with Crippen molar-refractivity contribution in [3.8, 4) is 23.6 Å². The van der Waals surface area contributed by atoms with Crippen molar-refractivity contribution < 1.29 is 22.8 Å². The molecule has 0 unspecified atom stereocenters. The molecule has 188 valence electrons. The van der Waals surface area contributed by atoms with Gasteiger partial charge in [0.2, 0.25) is 0 Å². The van der Waals surface area contributed by atoms with Crippen LogP contribution in [-0.2, 0) is 19.8 Å². The third-order valence-corrected chi connectivity index (χ3v) is 6.04. The van der Waals surface area contributed by atoms with Gasteiger partial charge in [-0.3, -0.25) is 14.3 Å². The first kappa shape index (κ1) is 25.3. The summed E-state index contributed by atoms with van der Waals surface area (Å²) in [6.45, 7) is -0.156. The lowest BCUT2D eigenvalue weighted by Crippen LogP contribution is -2.50. The van der Waals surface area contributed by atoms with Crippen LogP contribution in [0.3, 0.4) is 0 Å². The second-order valence-corrected chi connectivity index (χ2v) is 8.77. The van der Waals surface area contributed by atoms with Crippen molar-refractivity contribution in [1.82, 2.24) is 24.6 Å². The number of anilines is 1. The van der Waals surface area contributed by atoms with Crippen LogP contribution in [0.25, 0.3) is 11.3 Å². The number of hydrogen-bond acceptors (Lipinski definition) is 5. The number of rotatable bonds is 6. The van der Waals surface area contributed by atoms with Gasteiger partial charge < -0.3 is 20.9 Å². The maximum atomic E-state index is 13.5. The van der Waals surface area contributed by atoms with Crippen LogP contribution in [-0.4, -0.2) is 43.2 Å². The average Bonchev–Trinajstić information content (AvgIpc) is 3.36. The van der Waals surface area contributed by atoms with Crippen molar-refractivity contribution >= 4 is 29.1 Å². The predicted octanol–water partition coefficient (Wildman–Crippen LogP) is 3.06. The molecule has 1 aliphatic carbocycles. The largest absolute Gasteiger partial charge is 0.435 e. The van der Waals surface area contributed by atoms with Gasteiger partial charge in [-0.25, -0.2) is 4.98 Å². The molecule has 36 heavy (non-hydrogen) atoms. The van der Waals surface area contributed by atoms with Crippen LogP contribution < -0.4 is 16.4 Å². The number of amides is 2. The fourth-order valence-electron chi connectivity index (χ4n) is 3.87. The molecule has 4 N–H and O–H groups in total. The standard InChI is InChI=1S/C23H21ClF3N7O2/c1-3-6-34-11-16(19(32-34)23(25,26)27)18-10-29-20(33(18)2)22(36)30-13-4-5-15(17(24)9-13)21(35)31-14-7-12(28)8-14/h1,4-5,9-12,14H,6-8,28H2,2H3,(H,30,36)(H,31,35). The third kappa shape index (κ3) is 5.07. The molecule has 2 amide bonds. The van der Waals surface area contributed by atoms with E-state index in [1.54, 1.807) is 0 Å². The number of aromatic nitrogens is 4. The number of nitrogens with two attached hydrogens (primary N) is 1. The van der Waals surface area contributed by atoms with Gasteiger partial charge in [0.1, 0.15) is 6.54 Å². The molecule has 1 saturated carbocycles. The van der Waals surface area contributed by atoms with Gasteiger partial charge in [-0.1, -0.05) is 17.5 Å². The molecule has 2 aromatic heterocycles. The smallest absolute Gasteiger partial charge is 0.349 e. The normalized spacial score (nSPS) is 17.2. The molecule has 1 aliphatic rings. The molecule has 4 rings (SSSR count). The Bertz CT molecular complexity index is 1370. The molecule has 1 aromatic carbocycles. The summed E-state index contributed by atoms with van der Waals surface area (Å²) in [4.78, 5) is 29.2. The molecule has 1 fully saturated rings. The first-order chi connectivity index (χ1) is 17.0. The van der Waals surface area contributed by atoms with E-state index in [1.807, 2.05) is 0 Å². The second kappa shape index (κ2) is 9.67. The Morgan fingerprint density at radius 1 is 1.31 bits per heavy atom. The Balaban J connectivity index is 1.52. The van der Waals surface area contributed by atoms with Crippen molar-refractivity contribution in [3.63, 3.8) is 0 Å². The monoisotopic (exact) mass is 519 g/mol. The Morgan fingerprint density at radius 2 is 2.03 bits per heavy atom. The fourth-order valence-corrected chi connectivity index (χ4v) is 4.14. The Hall–Kier alpha value is -3.82. The second-order valence-electron chi connectivity index (χ2n) is 8.37. The molecule has 0 bridgehead atoms. The lowest BCUT2D eigenvalue weighted by molar-refractivity contribution is -0.141. The Morgan fingerprint density at radius 3 is 2.64 bits per heavy atom. The van der Waals surface area contributed by atoms with E-state index in [4.69, 9.17) is 23.8 Å². The summed E-state index contributed by atoms with van der Waals surface area (Å²) in [6, 6.07) is 4.42. The zero-order valence-corrected chi connectivity index (χ0v) is 19.7. The van der Waals surface area contributed by atoms with Crippen LogP contribution in [0, 0.1) is 12.3 Å². The number of hydrogen-bond donors (Lipinski definition) is 3. The first-order valence-corrected chi connectivity index (χ1v) is 11.1. The number of terminal acetylenes is 1. The van der Waals surface area contributed by atoms with E-state index in [0.717, 1.165) is 17.1 Å². The summed E-state index contributed by atoms with van der Waals surface area (Å²) in [6.07, 6.45) is 4.14. The fraction of sp³-hybridized carbons (Fsp3) is 0.304. The van der Waals surface area contributed by atoms with Crippen LogP contribution in [0.5, 0.6) is 0 Å². The topological polar surface area (TPSA) is 120 Å². The van der Waals surface area contributed by atoms with E-state index in [9.17, 15) is 22.8 Å². The lowest BCUT2D eigenvalue weighted by atomic mass is 9.87. The first-order valence-electron chi connectivity index (χ1n) is 10.8. The van der Waals surface area contributed by atoms with Gasteiger partial charge >= 0.3 is 6.18 Å². The summed E-state index contributed by atoms with van der Waals surface area (Å²) in [7, 11) is 1.41. The van der Waals surface area contributed by atoms with E-state index in [1.165, 1.54) is 29.8 Å². The maximum Gasteiger partial charge on any atom is 0.435 e. The van der Waals surface area contributed by atoms with E-state index < -0.39 is 17.8 Å². The zero-order valence-electron chi connectivity index (χ0n) is 18.9. The summed E-state index contributed by atoms with van der Waals surface area (Å²) >= 11 is 6.24. The number of carbonyl (C=O) groups is 2. The van der Waals surface area contributed by atoms with Gasteiger partial charge in [-0.15, -0.1) is 6.42 Å². The van der Waals surface area contributed by atoms with Crippen LogP contribution in [0.15, 0.2) is 30.6 Å². The molecule has 0 saturated heterocycles. The molecule has 2 heterocycles. The minimum atomic E-state index is -4.74. The minimum Gasteiger partial charge on any atom is -0.349 e. The van der Waals surface area contributed by atoms with E-state index in [-0.39, 0.29) is 57.9 Å². The molecule has 9 nitrogen and oxygen atoms in total. The number of nitrogens with one attached hydrogen (secondary N) is 2. The van der Waals surface area contributed by atoms with Gasteiger partial charge in [0.25, 0.3) is 11.8 Å². The Labute approximate surface area is 208 Å².